The van der Waals surface area contributed by atoms with Crippen LogP contribution in [0.4, 0.5) is 0 Å². The molecule has 0 bridgehead atoms. The smallest absolute Gasteiger partial charge is 0.328 e. The molecule has 0 saturated heterocycles. The fourth-order valence-corrected chi connectivity index (χ4v) is 2.23. The van der Waals surface area contributed by atoms with Gasteiger partial charge < -0.3 is 14.8 Å². The van der Waals surface area contributed by atoms with Crippen molar-refractivity contribution in [1.29, 1.82) is 0 Å². The lowest BCUT2D eigenvalue weighted by molar-refractivity contribution is -0.146. The van der Waals surface area contributed by atoms with Crippen LogP contribution in [0.25, 0.3) is 0 Å². The summed E-state index contributed by atoms with van der Waals surface area (Å²) < 4.78 is 9.81. The van der Waals surface area contributed by atoms with E-state index in [1.807, 2.05) is 13.8 Å². The van der Waals surface area contributed by atoms with E-state index in [-0.39, 0.29) is 18.2 Å². The molecule has 2 unspecified atom stereocenters. The van der Waals surface area contributed by atoms with Crippen LogP contribution in [0.3, 0.4) is 0 Å². The van der Waals surface area contributed by atoms with Crippen LogP contribution in [0.2, 0.25) is 5.02 Å². The van der Waals surface area contributed by atoms with E-state index in [4.69, 9.17) is 21.1 Å². The first-order valence-electron chi connectivity index (χ1n) is 7.12. The number of ether oxygens (including phenoxy) is 2. The van der Waals surface area contributed by atoms with Crippen LogP contribution in [-0.2, 0) is 20.7 Å². The molecule has 0 radical (unpaired) electrons. The largest absolute Gasteiger partial charge is 0.497 e. The van der Waals surface area contributed by atoms with Gasteiger partial charge in [-0.1, -0.05) is 37.9 Å². The number of halogens is 1. The minimum absolute atomic E-state index is 0.0114. The maximum absolute atomic E-state index is 12.2. The molecule has 6 heteroatoms. The van der Waals surface area contributed by atoms with Gasteiger partial charge in [0.2, 0.25) is 5.91 Å². The molecular formula is C16H22ClNO4. The van der Waals surface area contributed by atoms with E-state index in [0.717, 1.165) is 6.42 Å². The molecule has 1 rings (SSSR count). The van der Waals surface area contributed by atoms with Gasteiger partial charge in [-0.25, -0.2) is 4.79 Å². The van der Waals surface area contributed by atoms with Gasteiger partial charge in [-0.15, -0.1) is 0 Å². The number of esters is 1. The number of nitrogens with one attached hydrogen (secondary N) is 1. The van der Waals surface area contributed by atoms with E-state index >= 15 is 0 Å². The molecule has 0 aliphatic rings. The van der Waals surface area contributed by atoms with Gasteiger partial charge in [-0.05, 0) is 23.6 Å². The molecule has 22 heavy (non-hydrogen) atoms. The fraction of sp³-hybridized carbons (Fsp3) is 0.500. The standard InChI is InChI=1S/C16H22ClNO4/c1-5-10(2)15(16(20)22-4)18-14(19)8-11-6-7-12(21-3)9-13(11)17/h6-7,9-10,15H,5,8H2,1-4H3,(H,18,19). The number of carbonyl (C=O) groups is 2. The molecule has 1 aromatic carbocycles. The van der Waals surface area contributed by atoms with Gasteiger partial charge in [0.05, 0.1) is 20.6 Å². The second-order valence-corrected chi connectivity index (χ2v) is 5.50. The van der Waals surface area contributed by atoms with Crippen LogP contribution in [-0.4, -0.2) is 32.1 Å². The quantitative estimate of drug-likeness (QED) is 0.782. The van der Waals surface area contributed by atoms with Gasteiger partial charge in [0, 0.05) is 5.02 Å². The maximum atomic E-state index is 12.2. The summed E-state index contributed by atoms with van der Waals surface area (Å²) in [6.07, 6.45) is 0.843. The summed E-state index contributed by atoms with van der Waals surface area (Å²) in [5.74, 6) is -0.102. The number of methoxy groups -OCH3 is 2. The summed E-state index contributed by atoms with van der Waals surface area (Å²) >= 11 is 6.12. The summed E-state index contributed by atoms with van der Waals surface area (Å²) in [7, 11) is 2.86. The van der Waals surface area contributed by atoms with Crippen molar-refractivity contribution < 1.29 is 19.1 Å². The third-order valence-corrected chi connectivity index (χ3v) is 3.95. The first-order chi connectivity index (χ1) is 10.4. The fourth-order valence-electron chi connectivity index (χ4n) is 1.99. The van der Waals surface area contributed by atoms with Gasteiger partial charge in [0.15, 0.2) is 0 Å². The molecule has 0 aliphatic heterocycles. The summed E-state index contributed by atoms with van der Waals surface area (Å²) in [5, 5.41) is 3.17. The Morgan fingerprint density at radius 3 is 2.50 bits per heavy atom. The topological polar surface area (TPSA) is 64.6 Å². The second kappa shape index (κ2) is 8.63. The average molecular weight is 328 g/mol. The second-order valence-electron chi connectivity index (χ2n) is 5.09. The molecule has 1 aromatic rings. The van der Waals surface area contributed by atoms with Crippen LogP contribution in [0.1, 0.15) is 25.8 Å². The van der Waals surface area contributed by atoms with E-state index in [1.54, 1.807) is 25.3 Å². The Morgan fingerprint density at radius 1 is 1.32 bits per heavy atom. The summed E-state index contributed by atoms with van der Waals surface area (Å²) in [4.78, 5) is 23.9. The van der Waals surface area contributed by atoms with Crippen LogP contribution >= 0.6 is 11.6 Å². The molecule has 2 atom stereocenters. The number of benzene rings is 1. The highest BCUT2D eigenvalue weighted by atomic mass is 35.5. The van der Waals surface area contributed by atoms with Crippen molar-refractivity contribution in [3.63, 3.8) is 0 Å². The SMILES string of the molecule is CCC(C)C(NC(=O)Cc1ccc(OC)cc1Cl)C(=O)OC. The van der Waals surface area contributed by atoms with Crippen LogP contribution in [0.15, 0.2) is 18.2 Å². The lowest BCUT2D eigenvalue weighted by Crippen LogP contribution is -2.46. The van der Waals surface area contributed by atoms with Crippen molar-refractivity contribution in [2.75, 3.05) is 14.2 Å². The number of rotatable bonds is 7. The van der Waals surface area contributed by atoms with Crippen LogP contribution in [0.5, 0.6) is 5.75 Å². The molecule has 1 N–H and O–H groups in total. The molecule has 0 saturated carbocycles. The number of hydrogen-bond acceptors (Lipinski definition) is 4. The van der Waals surface area contributed by atoms with Crippen molar-refractivity contribution in [3.8, 4) is 5.75 Å². The van der Waals surface area contributed by atoms with E-state index < -0.39 is 12.0 Å². The molecule has 0 aliphatic carbocycles. The van der Waals surface area contributed by atoms with E-state index in [1.165, 1.54) is 7.11 Å². The zero-order valence-corrected chi connectivity index (χ0v) is 14.1. The third kappa shape index (κ3) is 4.91. The number of hydrogen-bond donors (Lipinski definition) is 1. The highest BCUT2D eigenvalue weighted by Gasteiger charge is 2.26. The lowest BCUT2D eigenvalue weighted by Gasteiger charge is -2.22. The summed E-state index contributed by atoms with van der Waals surface area (Å²) in [6, 6.07) is 4.47. The maximum Gasteiger partial charge on any atom is 0.328 e. The lowest BCUT2D eigenvalue weighted by atomic mass is 9.99. The highest BCUT2D eigenvalue weighted by Crippen LogP contribution is 2.22. The minimum Gasteiger partial charge on any atom is -0.497 e. The van der Waals surface area contributed by atoms with Gasteiger partial charge in [-0.3, -0.25) is 4.79 Å². The molecule has 5 nitrogen and oxygen atoms in total. The molecule has 0 heterocycles. The Balaban J connectivity index is 2.77. The van der Waals surface area contributed by atoms with E-state index in [2.05, 4.69) is 5.32 Å². The predicted octanol–water partition coefficient (Wildman–Crippen LogP) is 2.60. The highest BCUT2D eigenvalue weighted by molar-refractivity contribution is 6.31. The van der Waals surface area contributed by atoms with Crippen molar-refractivity contribution in [1.82, 2.24) is 5.32 Å². The molecular weight excluding hydrogens is 306 g/mol. The number of amides is 1. The van der Waals surface area contributed by atoms with Crippen LogP contribution < -0.4 is 10.1 Å². The van der Waals surface area contributed by atoms with Gasteiger partial charge in [0.25, 0.3) is 0 Å². The van der Waals surface area contributed by atoms with Crippen molar-refractivity contribution in [3.05, 3.63) is 28.8 Å². The van der Waals surface area contributed by atoms with Gasteiger partial charge in [-0.2, -0.15) is 0 Å². The molecule has 0 fully saturated rings. The van der Waals surface area contributed by atoms with Crippen molar-refractivity contribution in [2.45, 2.75) is 32.7 Å². The van der Waals surface area contributed by atoms with Gasteiger partial charge >= 0.3 is 5.97 Å². The Bertz CT molecular complexity index is 533. The van der Waals surface area contributed by atoms with E-state index in [9.17, 15) is 9.59 Å². The Labute approximate surface area is 135 Å². The Morgan fingerprint density at radius 2 is 2.00 bits per heavy atom. The molecule has 1 amide bonds. The summed E-state index contributed by atoms with van der Waals surface area (Å²) in [6.45, 7) is 3.84. The Hall–Kier alpha value is -1.75. The molecule has 122 valence electrons. The van der Waals surface area contributed by atoms with Crippen molar-refractivity contribution in [2.24, 2.45) is 5.92 Å². The Kier molecular flexibility index (Phi) is 7.18. The average Bonchev–Trinajstić information content (AvgIpc) is 2.52. The predicted molar refractivity (Wildman–Crippen MR) is 85.1 cm³/mol. The normalized spacial score (nSPS) is 13.1. The zero-order valence-electron chi connectivity index (χ0n) is 13.3. The monoisotopic (exact) mass is 327 g/mol. The zero-order chi connectivity index (χ0) is 16.7. The number of carbonyl (C=O) groups excluding carboxylic acids is 2. The minimum atomic E-state index is -0.653. The van der Waals surface area contributed by atoms with E-state index in [0.29, 0.717) is 16.3 Å². The molecule has 0 aromatic heterocycles. The first-order valence-corrected chi connectivity index (χ1v) is 7.50. The first kappa shape index (κ1) is 18.3. The van der Waals surface area contributed by atoms with Crippen LogP contribution in [0, 0.1) is 5.92 Å². The molecule has 0 spiro atoms. The van der Waals surface area contributed by atoms with Crippen molar-refractivity contribution >= 4 is 23.5 Å². The summed E-state index contributed by atoms with van der Waals surface area (Å²) in [5.41, 5.74) is 0.674. The van der Waals surface area contributed by atoms with Gasteiger partial charge in [0.1, 0.15) is 11.8 Å². The third-order valence-electron chi connectivity index (χ3n) is 3.60.